The number of rotatable bonds is 3. The van der Waals surface area contributed by atoms with Crippen LogP contribution < -0.4 is 4.72 Å². The molecule has 2 aromatic carbocycles. The van der Waals surface area contributed by atoms with Crippen molar-refractivity contribution < 1.29 is 13.2 Å². The Morgan fingerprint density at radius 1 is 1.00 bits per heavy atom. The lowest BCUT2D eigenvalue weighted by Gasteiger charge is -2.20. The highest BCUT2D eigenvalue weighted by Gasteiger charge is 2.26. The normalized spacial score (nSPS) is 16.5. The van der Waals surface area contributed by atoms with Crippen molar-refractivity contribution >= 4 is 32.4 Å². The van der Waals surface area contributed by atoms with Crippen LogP contribution in [0.25, 0.3) is 10.9 Å². The lowest BCUT2D eigenvalue weighted by atomic mass is 9.91. The van der Waals surface area contributed by atoms with E-state index >= 15 is 0 Å². The zero-order chi connectivity index (χ0) is 20.2. The summed E-state index contributed by atoms with van der Waals surface area (Å²) in [4.78, 5) is 15.9. The second kappa shape index (κ2) is 6.73. The number of anilines is 1. The average molecular weight is 409 g/mol. The largest absolute Gasteiger partial charge is 0.358 e. The molecule has 0 unspecified atom stereocenters. The van der Waals surface area contributed by atoms with Crippen LogP contribution in [0.5, 0.6) is 0 Å². The monoisotopic (exact) mass is 408 g/mol. The van der Waals surface area contributed by atoms with Crippen LogP contribution >= 0.6 is 0 Å². The summed E-state index contributed by atoms with van der Waals surface area (Å²) in [7, 11) is -3.74. The van der Waals surface area contributed by atoms with Crippen molar-refractivity contribution in [1.29, 1.82) is 0 Å². The fourth-order valence-electron chi connectivity index (χ4n) is 4.81. The number of fused-ring (bicyclic) bond motifs is 4. The van der Waals surface area contributed by atoms with Crippen molar-refractivity contribution in [2.45, 2.75) is 56.8 Å². The summed E-state index contributed by atoms with van der Waals surface area (Å²) in [5, 5.41) is 0.832. The Bertz CT molecular complexity index is 1250. The molecule has 0 saturated heterocycles. The molecule has 150 valence electrons. The van der Waals surface area contributed by atoms with Gasteiger partial charge in [-0.2, -0.15) is 0 Å². The molecule has 6 heteroatoms. The number of hydrogen-bond donors (Lipinski definition) is 2. The summed E-state index contributed by atoms with van der Waals surface area (Å²) >= 11 is 0. The summed E-state index contributed by atoms with van der Waals surface area (Å²) in [6, 6.07) is 9.37. The number of ketones is 1. The number of carbonyl (C=O) groups is 1. The fraction of sp³-hybridized carbons (Fsp3) is 0.348. The van der Waals surface area contributed by atoms with Crippen molar-refractivity contribution in [2.75, 3.05) is 4.72 Å². The first-order valence-corrected chi connectivity index (χ1v) is 11.7. The van der Waals surface area contributed by atoms with E-state index in [1.54, 1.807) is 13.0 Å². The van der Waals surface area contributed by atoms with E-state index in [1.165, 1.54) is 5.56 Å². The smallest absolute Gasteiger partial charge is 0.262 e. The molecule has 2 aliphatic carbocycles. The molecule has 3 aromatic rings. The summed E-state index contributed by atoms with van der Waals surface area (Å²) in [5.74, 6) is 0.140. The lowest BCUT2D eigenvalue weighted by molar-refractivity contribution is 0.0974. The molecule has 0 bridgehead atoms. The lowest BCUT2D eigenvalue weighted by Crippen LogP contribution is -2.17. The summed E-state index contributed by atoms with van der Waals surface area (Å²) < 4.78 is 29.4. The molecule has 0 saturated carbocycles. The number of hydrogen-bond acceptors (Lipinski definition) is 3. The summed E-state index contributed by atoms with van der Waals surface area (Å²) in [5.41, 5.74) is 6.06. The maximum Gasteiger partial charge on any atom is 0.262 e. The van der Waals surface area contributed by atoms with Crippen molar-refractivity contribution in [3.05, 3.63) is 58.3 Å². The molecule has 5 nitrogen and oxygen atoms in total. The van der Waals surface area contributed by atoms with Crippen molar-refractivity contribution in [1.82, 2.24) is 4.98 Å². The summed E-state index contributed by atoms with van der Waals surface area (Å²) in [6.45, 7) is 1.79. The van der Waals surface area contributed by atoms with Gasteiger partial charge >= 0.3 is 0 Å². The topological polar surface area (TPSA) is 79.0 Å². The second-order valence-corrected chi connectivity index (χ2v) is 9.83. The van der Waals surface area contributed by atoms with Gasteiger partial charge in [0, 0.05) is 28.6 Å². The van der Waals surface area contributed by atoms with Gasteiger partial charge in [0.1, 0.15) is 0 Å². The minimum Gasteiger partial charge on any atom is -0.358 e. The van der Waals surface area contributed by atoms with Gasteiger partial charge in [-0.25, -0.2) is 8.42 Å². The molecule has 0 atom stereocenters. The first kappa shape index (κ1) is 18.4. The van der Waals surface area contributed by atoms with Gasteiger partial charge in [0.15, 0.2) is 5.78 Å². The van der Waals surface area contributed by atoms with Crippen molar-refractivity contribution in [2.24, 2.45) is 0 Å². The maximum atomic E-state index is 13.3. The van der Waals surface area contributed by atoms with Crippen LogP contribution in [0.4, 0.5) is 5.69 Å². The van der Waals surface area contributed by atoms with Crippen LogP contribution in [0.2, 0.25) is 0 Å². The van der Waals surface area contributed by atoms with Crippen molar-refractivity contribution in [3.63, 3.8) is 0 Å². The van der Waals surface area contributed by atoms with E-state index in [0.29, 0.717) is 23.2 Å². The number of H-pyrrole nitrogens is 1. The van der Waals surface area contributed by atoms with Gasteiger partial charge in [-0.3, -0.25) is 9.52 Å². The van der Waals surface area contributed by atoms with Gasteiger partial charge in [-0.05, 0) is 80.3 Å². The van der Waals surface area contributed by atoms with Crippen LogP contribution in [0.1, 0.15) is 58.4 Å². The Kier molecular flexibility index (Phi) is 4.28. The molecule has 2 N–H and O–H groups in total. The molecular weight excluding hydrogens is 384 g/mol. The zero-order valence-electron chi connectivity index (χ0n) is 16.5. The van der Waals surface area contributed by atoms with Gasteiger partial charge in [-0.15, -0.1) is 0 Å². The molecule has 29 heavy (non-hydrogen) atoms. The highest BCUT2D eigenvalue weighted by atomic mass is 32.2. The van der Waals surface area contributed by atoms with Crippen LogP contribution in [0.15, 0.2) is 35.2 Å². The van der Waals surface area contributed by atoms with E-state index in [4.69, 9.17) is 0 Å². The van der Waals surface area contributed by atoms with E-state index in [1.807, 2.05) is 18.2 Å². The summed E-state index contributed by atoms with van der Waals surface area (Å²) in [6.07, 6.45) is 6.35. The molecule has 1 aromatic heterocycles. The van der Waals surface area contributed by atoms with Crippen LogP contribution in [-0.4, -0.2) is 19.2 Å². The SMILES string of the molecule is Cc1cc2c3c([nH]c2cc1S(=O)(=O)Nc1cccc2c1CCCC2)CCCC3=O. The Balaban J connectivity index is 1.58. The molecule has 5 rings (SSSR count). The average Bonchev–Trinajstić information content (AvgIpc) is 3.06. The Morgan fingerprint density at radius 3 is 2.69 bits per heavy atom. The number of aromatic amines is 1. The first-order chi connectivity index (χ1) is 13.9. The Hall–Kier alpha value is -2.60. The predicted octanol–water partition coefficient (Wildman–Crippen LogP) is 4.67. The highest BCUT2D eigenvalue weighted by Crippen LogP contribution is 2.34. The van der Waals surface area contributed by atoms with Gasteiger partial charge in [0.2, 0.25) is 0 Å². The molecule has 2 aliphatic rings. The van der Waals surface area contributed by atoms with E-state index in [9.17, 15) is 13.2 Å². The van der Waals surface area contributed by atoms with E-state index in [0.717, 1.165) is 60.7 Å². The minimum atomic E-state index is -3.74. The third-order valence-electron chi connectivity index (χ3n) is 6.21. The molecule has 0 spiro atoms. The molecule has 0 aliphatic heterocycles. The predicted molar refractivity (Wildman–Crippen MR) is 114 cm³/mol. The van der Waals surface area contributed by atoms with Crippen LogP contribution in [0.3, 0.4) is 0 Å². The van der Waals surface area contributed by atoms with Crippen LogP contribution in [-0.2, 0) is 29.3 Å². The standard InChI is InChI=1S/C23H24N2O3S/c1-14-12-17-20(24-19-10-5-11-21(26)23(17)19)13-22(14)29(27,28)25-18-9-4-7-15-6-2-3-8-16(15)18/h4,7,9,12-13,24-25H,2-3,5-6,8,10-11H2,1H3. The van der Waals surface area contributed by atoms with E-state index in [2.05, 4.69) is 15.8 Å². The highest BCUT2D eigenvalue weighted by molar-refractivity contribution is 7.92. The molecule has 0 fully saturated rings. The number of aryl methyl sites for hydroxylation is 3. The number of benzene rings is 2. The fourth-order valence-corrected chi connectivity index (χ4v) is 6.16. The number of aromatic nitrogens is 1. The van der Waals surface area contributed by atoms with Crippen LogP contribution in [0, 0.1) is 6.92 Å². The number of carbonyl (C=O) groups excluding carboxylic acids is 1. The Morgan fingerprint density at radius 2 is 1.83 bits per heavy atom. The second-order valence-electron chi connectivity index (χ2n) is 8.17. The third kappa shape index (κ3) is 3.06. The third-order valence-corrected chi connectivity index (χ3v) is 7.72. The Labute approximate surface area is 170 Å². The van der Waals surface area contributed by atoms with Gasteiger partial charge in [0.25, 0.3) is 10.0 Å². The maximum absolute atomic E-state index is 13.3. The number of sulfonamides is 1. The van der Waals surface area contributed by atoms with Gasteiger partial charge in [0.05, 0.1) is 10.6 Å². The zero-order valence-corrected chi connectivity index (χ0v) is 17.3. The van der Waals surface area contributed by atoms with E-state index < -0.39 is 10.0 Å². The molecular formula is C23H24N2O3S. The van der Waals surface area contributed by atoms with E-state index in [-0.39, 0.29) is 10.7 Å². The first-order valence-electron chi connectivity index (χ1n) is 10.3. The van der Waals surface area contributed by atoms with Gasteiger partial charge < -0.3 is 4.98 Å². The number of nitrogens with one attached hydrogen (secondary N) is 2. The quantitative estimate of drug-likeness (QED) is 0.661. The van der Waals surface area contributed by atoms with Crippen molar-refractivity contribution in [3.8, 4) is 0 Å². The molecule has 1 heterocycles. The van der Waals surface area contributed by atoms with Gasteiger partial charge in [-0.1, -0.05) is 12.1 Å². The molecule has 0 radical (unpaired) electrons. The number of Topliss-reactive ketones (excluding diaryl/α,β-unsaturated/α-hetero) is 1. The minimum absolute atomic E-state index is 0.140. The molecule has 0 amide bonds.